The van der Waals surface area contributed by atoms with Crippen LogP contribution >= 0.6 is 34.5 Å². The van der Waals surface area contributed by atoms with Gasteiger partial charge in [0, 0.05) is 37.9 Å². The van der Waals surface area contributed by atoms with Gasteiger partial charge in [0.25, 0.3) is 11.8 Å². The monoisotopic (exact) mass is 679 g/mol. The first-order valence-electron chi connectivity index (χ1n) is 13.9. The maximum atomic E-state index is 14.3. The zero-order valence-electron chi connectivity index (χ0n) is 23.9. The first-order chi connectivity index (χ1) is 21.0. The highest BCUT2D eigenvalue weighted by molar-refractivity contribution is 7.88. The Morgan fingerprint density at radius 3 is 2.55 bits per heavy atom. The minimum absolute atomic E-state index is 0.0141. The molecule has 2 N–H and O–H groups in total. The zero-order chi connectivity index (χ0) is 31.6. The second kappa shape index (κ2) is 13.6. The highest BCUT2D eigenvalue weighted by atomic mass is 35.5. The van der Waals surface area contributed by atoms with Crippen LogP contribution in [0.2, 0.25) is 10.0 Å². The van der Waals surface area contributed by atoms with E-state index >= 15 is 0 Å². The number of hydrogen-bond donors (Lipinski definition) is 2. The van der Waals surface area contributed by atoms with Gasteiger partial charge in [0.2, 0.25) is 10.0 Å². The Morgan fingerprint density at radius 2 is 1.82 bits per heavy atom. The van der Waals surface area contributed by atoms with E-state index in [2.05, 4.69) is 10.2 Å². The van der Waals surface area contributed by atoms with E-state index in [1.165, 1.54) is 18.4 Å². The minimum Gasteiger partial charge on any atom is -0.465 e. The molecule has 1 saturated carbocycles. The lowest BCUT2D eigenvalue weighted by atomic mass is 9.76. The molecule has 2 aliphatic rings. The SMILES string of the molecule is COC(=O)c1csc(CONC(=O)[C@H]2c3ccccc3C(=O)N([C@@H]3CCCC[C@H]3NS(C)(=O)=O)[C@@H]2c2ccc(Cl)cc2Cl)c1. The van der Waals surface area contributed by atoms with Crippen LogP contribution in [0.25, 0.3) is 0 Å². The fourth-order valence-electron chi connectivity index (χ4n) is 6.05. The summed E-state index contributed by atoms with van der Waals surface area (Å²) >= 11 is 14.3. The van der Waals surface area contributed by atoms with Crippen molar-refractivity contribution in [2.24, 2.45) is 0 Å². The van der Waals surface area contributed by atoms with Gasteiger partial charge in [0.1, 0.15) is 6.61 Å². The molecule has 4 atom stereocenters. The van der Waals surface area contributed by atoms with Crippen LogP contribution in [0.4, 0.5) is 0 Å². The Bertz CT molecular complexity index is 1680. The molecule has 0 radical (unpaired) electrons. The van der Waals surface area contributed by atoms with Gasteiger partial charge in [0.05, 0.1) is 30.9 Å². The van der Waals surface area contributed by atoms with Crippen molar-refractivity contribution in [1.82, 2.24) is 15.1 Å². The summed E-state index contributed by atoms with van der Waals surface area (Å²) in [5.74, 6) is -2.31. The van der Waals surface area contributed by atoms with Crippen LogP contribution < -0.4 is 10.2 Å². The van der Waals surface area contributed by atoms with Gasteiger partial charge in [-0.1, -0.05) is 60.3 Å². The molecule has 2 aromatic carbocycles. The number of hydroxylamine groups is 1. The van der Waals surface area contributed by atoms with Gasteiger partial charge in [-0.25, -0.2) is 23.4 Å². The molecule has 44 heavy (non-hydrogen) atoms. The number of nitrogens with zero attached hydrogens (tertiary/aromatic N) is 1. The summed E-state index contributed by atoms with van der Waals surface area (Å²) in [5, 5.41) is 2.28. The number of nitrogens with one attached hydrogen (secondary N) is 2. The van der Waals surface area contributed by atoms with E-state index < -0.39 is 45.9 Å². The number of sulfonamides is 1. The minimum atomic E-state index is -3.60. The number of methoxy groups -OCH3 is 1. The molecular weight excluding hydrogens is 649 g/mol. The van der Waals surface area contributed by atoms with Crippen molar-refractivity contribution in [3.8, 4) is 0 Å². The Labute approximate surface area is 269 Å². The number of rotatable bonds is 9. The van der Waals surface area contributed by atoms with Crippen molar-refractivity contribution in [2.45, 2.75) is 56.3 Å². The van der Waals surface area contributed by atoms with Crippen LogP contribution in [0.3, 0.4) is 0 Å². The molecular formula is C30H31Cl2N3O7S2. The Balaban J connectivity index is 1.55. The van der Waals surface area contributed by atoms with Crippen LogP contribution in [-0.4, -0.2) is 56.6 Å². The van der Waals surface area contributed by atoms with Gasteiger partial charge in [-0.3, -0.25) is 14.4 Å². The highest BCUT2D eigenvalue weighted by Gasteiger charge is 2.49. The average Bonchev–Trinajstić information content (AvgIpc) is 3.45. The third-order valence-electron chi connectivity index (χ3n) is 7.85. The molecule has 14 heteroatoms. The smallest absolute Gasteiger partial charge is 0.338 e. The lowest BCUT2D eigenvalue weighted by molar-refractivity contribution is -0.138. The topological polar surface area (TPSA) is 131 Å². The summed E-state index contributed by atoms with van der Waals surface area (Å²) in [4.78, 5) is 48.1. The van der Waals surface area contributed by atoms with Gasteiger partial charge in [-0.2, -0.15) is 0 Å². The van der Waals surface area contributed by atoms with Gasteiger partial charge < -0.3 is 9.64 Å². The molecule has 1 fully saturated rings. The first kappa shape index (κ1) is 32.4. The second-order valence-corrected chi connectivity index (χ2v) is 14.4. The van der Waals surface area contributed by atoms with Gasteiger partial charge >= 0.3 is 5.97 Å². The number of fused-ring (bicyclic) bond motifs is 1. The number of carbonyl (C=O) groups excluding carboxylic acids is 3. The predicted molar refractivity (Wildman–Crippen MR) is 167 cm³/mol. The summed E-state index contributed by atoms with van der Waals surface area (Å²) in [5.41, 5.74) is 4.23. The van der Waals surface area contributed by atoms with E-state index in [1.807, 2.05) is 0 Å². The van der Waals surface area contributed by atoms with Gasteiger partial charge in [0.15, 0.2) is 0 Å². The number of thiophene rings is 1. The van der Waals surface area contributed by atoms with Crippen molar-refractivity contribution >= 4 is 62.3 Å². The van der Waals surface area contributed by atoms with Crippen molar-refractivity contribution in [3.05, 3.63) is 91.1 Å². The molecule has 234 valence electrons. The van der Waals surface area contributed by atoms with E-state index in [0.717, 1.165) is 19.1 Å². The number of carbonyl (C=O) groups is 3. The van der Waals surface area contributed by atoms with Crippen LogP contribution in [0, 0.1) is 0 Å². The number of halogens is 2. The fraction of sp³-hybridized carbons (Fsp3) is 0.367. The number of hydrogen-bond acceptors (Lipinski definition) is 8. The fourth-order valence-corrected chi connectivity index (χ4v) is 8.16. The number of ether oxygens (including phenoxy) is 1. The summed E-state index contributed by atoms with van der Waals surface area (Å²) in [6.07, 6.45) is 3.70. The molecule has 2 heterocycles. The third kappa shape index (κ3) is 6.95. The molecule has 2 amide bonds. The molecule has 0 spiro atoms. The predicted octanol–water partition coefficient (Wildman–Crippen LogP) is 5.23. The number of amides is 2. The maximum Gasteiger partial charge on any atom is 0.338 e. The number of benzene rings is 2. The van der Waals surface area contributed by atoms with E-state index in [9.17, 15) is 22.8 Å². The summed E-state index contributed by atoms with van der Waals surface area (Å²) in [7, 11) is -2.31. The molecule has 1 aromatic heterocycles. The maximum absolute atomic E-state index is 14.3. The largest absolute Gasteiger partial charge is 0.465 e. The average molecular weight is 681 g/mol. The quantitative estimate of drug-likeness (QED) is 0.234. The Hall–Kier alpha value is -3.00. The molecule has 0 unspecified atom stereocenters. The number of esters is 1. The lowest BCUT2D eigenvalue weighted by Crippen LogP contribution is -2.59. The summed E-state index contributed by atoms with van der Waals surface area (Å²) < 4.78 is 32.2. The zero-order valence-corrected chi connectivity index (χ0v) is 27.1. The van der Waals surface area contributed by atoms with Crippen molar-refractivity contribution in [1.29, 1.82) is 0 Å². The van der Waals surface area contributed by atoms with Crippen molar-refractivity contribution in [3.63, 3.8) is 0 Å². The molecule has 1 aliphatic heterocycles. The highest BCUT2D eigenvalue weighted by Crippen LogP contribution is 2.47. The molecule has 0 saturated heterocycles. The first-order valence-corrected chi connectivity index (χ1v) is 17.4. The normalized spacial score (nSPS) is 21.9. The molecule has 10 nitrogen and oxygen atoms in total. The lowest BCUT2D eigenvalue weighted by Gasteiger charge is -2.49. The van der Waals surface area contributed by atoms with Gasteiger partial charge in [-0.05, 0) is 48.2 Å². The molecule has 3 aromatic rings. The molecule has 1 aliphatic carbocycles. The Kier molecular flexibility index (Phi) is 9.98. The van der Waals surface area contributed by atoms with Crippen LogP contribution in [0.15, 0.2) is 53.9 Å². The standard InChI is InChI=1S/C30H31Cl2N3O7S2/c1-41-30(38)17-13-19(43-16-17)15-42-33-28(36)26-20-7-3-4-8-21(20)29(37)35(27(26)22-12-11-18(31)14-23(22)32)25-10-6-5-9-24(25)34-44(2,39)40/h3-4,7-8,11-14,16,24-27,34H,5-6,9-10,15H2,1-2H3,(H,33,36)/t24-,25-,26+,27-/m1/s1. The summed E-state index contributed by atoms with van der Waals surface area (Å²) in [6, 6.07) is 11.3. The van der Waals surface area contributed by atoms with E-state index in [4.69, 9.17) is 32.8 Å². The van der Waals surface area contributed by atoms with Crippen molar-refractivity contribution < 1.29 is 32.4 Å². The summed E-state index contributed by atoms with van der Waals surface area (Å²) in [6.45, 7) is -0.0141. The van der Waals surface area contributed by atoms with E-state index in [0.29, 0.717) is 45.0 Å². The van der Waals surface area contributed by atoms with Crippen LogP contribution in [-0.2, 0) is 31.0 Å². The molecule has 5 rings (SSSR count). The van der Waals surface area contributed by atoms with E-state index in [1.54, 1.807) is 58.8 Å². The van der Waals surface area contributed by atoms with Crippen LogP contribution in [0.5, 0.6) is 0 Å². The van der Waals surface area contributed by atoms with E-state index in [-0.39, 0.29) is 17.5 Å². The third-order valence-corrected chi connectivity index (χ3v) is 10.1. The van der Waals surface area contributed by atoms with Gasteiger partial charge in [-0.15, -0.1) is 11.3 Å². The Morgan fingerprint density at radius 1 is 1.07 bits per heavy atom. The molecule has 0 bridgehead atoms. The second-order valence-electron chi connectivity index (χ2n) is 10.8. The van der Waals surface area contributed by atoms with Crippen LogP contribution in [0.1, 0.15) is 74.4 Å². The van der Waals surface area contributed by atoms with Crippen molar-refractivity contribution in [2.75, 3.05) is 13.4 Å².